The van der Waals surface area contributed by atoms with Gasteiger partial charge in [0.1, 0.15) is 0 Å². The van der Waals surface area contributed by atoms with Crippen LogP contribution in [0.5, 0.6) is 0 Å². The molecule has 0 aliphatic rings. The Labute approximate surface area is 128 Å². The molecule has 0 aliphatic carbocycles. The van der Waals surface area contributed by atoms with Crippen molar-refractivity contribution in [1.82, 2.24) is 4.72 Å². The molecule has 120 valence electrons. The van der Waals surface area contributed by atoms with E-state index in [1.165, 1.54) is 0 Å². The van der Waals surface area contributed by atoms with Crippen LogP contribution in [0, 0.1) is 5.92 Å². The highest BCUT2D eigenvalue weighted by atomic mass is 32.2. The van der Waals surface area contributed by atoms with Crippen molar-refractivity contribution in [2.24, 2.45) is 11.7 Å². The van der Waals surface area contributed by atoms with Crippen molar-refractivity contribution >= 4 is 15.7 Å². The second kappa shape index (κ2) is 7.24. The number of hydrogen-bond donors (Lipinski definition) is 3. The summed E-state index contributed by atoms with van der Waals surface area (Å²) in [4.78, 5) is 0.278. The molecule has 1 aromatic carbocycles. The first kappa shape index (κ1) is 17.9. The maximum atomic E-state index is 12.0. The number of benzene rings is 1. The van der Waals surface area contributed by atoms with Crippen molar-refractivity contribution in [3.63, 3.8) is 0 Å². The topological polar surface area (TPSA) is 84.2 Å². The first-order chi connectivity index (χ1) is 9.75. The first-order valence-electron chi connectivity index (χ1n) is 7.33. The van der Waals surface area contributed by atoms with E-state index in [1.54, 1.807) is 24.3 Å². The fraction of sp³-hybridized carbons (Fsp3) is 0.600. The maximum Gasteiger partial charge on any atom is 0.240 e. The van der Waals surface area contributed by atoms with Crippen LogP contribution >= 0.6 is 0 Å². The summed E-state index contributed by atoms with van der Waals surface area (Å²) in [5.74, 6) is 0.358. The SMILES string of the molecule is CCCNS(=O)(=O)c1ccc(NC(C)(CN)C(C)C)cc1. The third kappa shape index (κ3) is 4.69. The lowest BCUT2D eigenvalue weighted by Crippen LogP contribution is -2.47. The molecule has 0 saturated carbocycles. The van der Waals surface area contributed by atoms with E-state index < -0.39 is 10.0 Å². The molecule has 0 amide bonds. The molecule has 0 saturated heterocycles. The molecule has 5 nitrogen and oxygen atoms in total. The molecular weight excluding hydrogens is 286 g/mol. The maximum absolute atomic E-state index is 12.0. The Bertz CT molecular complexity index is 541. The molecule has 0 aromatic heterocycles. The fourth-order valence-corrected chi connectivity index (χ4v) is 2.93. The molecule has 1 rings (SSSR count). The molecule has 21 heavy (non-hydrogen) atoms. The van der Waals surface area contributed by atoms with Gasteiger partial charge in [-0.15, -0.1) is 0 Å². The Hall–Kier alpha value is -1.11. The van der Waals surface area contributed by atoms with E-state index in [-0.39, 0.29) is 10.4 Å². The van der Waals surface area contributed by atoms with Gasteiger partial charge in [0.05, 0.1) is 4.90 Å². The monoisotopic (exact) mass is 313 g/mol. The van der Waals surface area contributed by atoms with E-state index in [0.29, 0.717) is 19.0 Å². The van der Waals surface area contributed by atoms with Crippen LogP contribution in [-0.4, -0.2) is 27.0 Å². The fourth-order valence-electron chi connectivity index (χ4n) is 1.80. The molecule has 4 N–H and O–H groups in total. The van der Waals surface area contributed by atoms with Crippen molar-refractivity contribution in [2.45, 2.75) is 44.6 Å². The van der Waals surface area contributed by atoms with Crippen LogP contribution < -0.4 is 15.8 Å². The molecule has 0 aliphatic heterocycles. The Morgan fingerprint density at radius 3 is 2.24 bits per heavy atom. The first-order valence-corrected chi connectivity index (χ1v) is 8.81. The highest BCUT2D eigenvalue weighted by Crippen LogP contribution is 2.23. The van der Waals surface area contributed by atoms with Gasteiger partial charge in [0.15, 0.2) is 0 Å². The second-order valence-electron chi connectivity index (χ2n) is 5.82. The molecule has 0 radical (unpaired) electrons. The molecule has 0 bridgehead atoms. The summed E-state index contributed by atoms with van der Waals surface area (Å²) in [5, 5.41) is 3.39. The number of rotatable bonds is 8. The zero-order valence-electron chi connectivity index (χ0n) is 13.3. The second-order valence-corrected chi connectivity index (χ2v) is 7.59. The highest BCUT2D eigenvalue weighted by Gasteiger charge is 2.26. The average Bonchev–Trinajstić information content (AvgIpc) is 2.45. The van der Waals surface area contributed by atoms with Crippen LogP contribution in [-0.2, 0) is 10.0 Å². The van der Waals surface area contributed by atoms with Gasteiger partial charge in [-0.3, -0.25) is 0 Å². The van der Waals surface area contributed by atoms with Gasteiger partial charge in [-0.2, -0.15) is 0 Å². The normalized spacial score (nSPS) is 15.0. The quantitative estimate of drug-likeness (QED) is 0.686. The standard InChI is InChI=1S/C15H27N3O2S/c1-5-10-17-21(19,20)14-8-6-13(7-9-14)18-15(4,11-16)12(2)3/h6-9,12,17-18H,5,10-11,16H2,1-4H3. The minimum atomic E-state index is -3.41. The lowest BCUT2D eigenvalue weighted by atomic mass is 9.88. The van der Waals surface area contributed by atoms with Crippen LogP contribution in [0.4, 0.5) is 5.69 Å². The number of nitrogens with two attached hydrogens (primary N) is 1. The minimum absolute atomic E-state index is 0.221. The van der Waals surface area contributed by atoms with Gasteiger partial charge in [-0.1, -0.05) is 20.8 Å². The summed E-state index contributed by atoms with van der Waals surface area (Å²) in [7, 11) is -3.41. The molecule has 0 fully saturated rings. The van der Waals surface area contributed by atoms with Gasteiger partial charge in [0, 0.05) is 24.3 Å². The van der Waals surface area contributed by atoms with E-state index in [1.807, 2.05) is 6.92 Å². The van der Waals surface area contributed by atoms with Gasteiger partial charge < -0.3 is 11.1 Å². The molecule has 1 unspecified atom stereocenters. The van der Waals surface area contributed by atoms with E-state index in [4.69, 9.17) is 5.73 Å². The van der Waals surface area contributed by atoms with Crippen LogP contribution in [0.2, 0.25) is 0 Å². The Kier molecular flexibility index (Phi) is 6.19. The van der Waals surface area contributed by atoms with Crippen molar-refractivity contribution in [2.75, 3.05) is 18.4 Å². The van der Waals surface area contributed by atoms with Crippen LogP contribution in [0.1, 0.15) is 34.1 Å². The predicted molar refractivity (Wildman–Crippen MR) is 87.8 cm³/mol. The summed E-state index contributed by atoms with van der Waals surface area (Å²) < 4.78 is 26.6. The largest absolute Gasteiger partial charge is 0.378 e. The number of hydrogen-bond acceptors (Lipinski definition) is 4. The van der Waals surface area contributed by atoms with Crippen LogP contribution in [0.25, 0.3) is 0 Å². The molecule has 6 heteroatoms. The zero-order chi connectivity index (χ0) is 16.1. The highest BCUT2D eigenvalue weighted by molar-refractivity contribution is 7.89. The summed E-state index contributed by atoms with van der Waals surface area (Å²) in [6, 6.07) is 6.77. The van der Waals surface area contributed by atoms with Crippen molar-refractivity contribution in [3.05, 3.63) is 24.3 Å². The molecular formula is C15H27N3O2S. The Morgan fingerprint density at radius 2 is 1.81 bits per heavy atom. The van der Waals surface area contributed by atoms with Gasteiger partial charge in [-0.25, -0.2) is 13.1 Å². The van der Waals surface area contributed by atoms with Gasteiger partial charge in [0.25, 0.3) is 0 Å². The smallest absolute Gasteiger partial charge is 0.240 e. The molecule has 1 atom stereocenters. The zero-order valence-corrected chi connectivity index (χ0v) is 14.1. The average molecular weight is 313 g/mol. The lowest BCUT2D eigenvalue weighted by molar-refractivity contribution is 0.382. The van der Waals surface area contributed by atoms with Crippen molar-refractivity contribution in [1.29, 1.82) is 0 Å². The van der Waals surface area contributed by atoms with Gasteiger partial charge in [-0.05, 0) is 43.5 Å². The van der Waals surface area contributed by atoms with Gasteiger partial charge in [0.2, 0.25) is 10.0 Å². The Balaban J connectivity index is 2.88. The predicted octanol–water partition coefficient (Wildman–Crippen LogP) is 2.16. The van der Waals surface area contributed by atoms with Crippen molar-refractivity contribution in [3.8, 4) is 0 Å². The summed E-state index contributed by atoms with van der Waals surface area (Å²) in [6.45, 7) is 9.14. The van der Waals surface area contributed by atoms with Crippen LogP contribution in [0.15, 0.2) is 29.2 Å². The van der Waals surface area contributed by atoms with Gasteiger partial charge >= 0.3 is 0 Å². The minimum Gasteiger partial charge on any atom is -0.378 e. The van der Waals surface area contributed by atoms with E-state index >= 15 is 0 Å². The van der Waals surface area contributed by atoms with E-state index in [9.17, 15) is 8.42 Å². The van der Waals surface area contributed by atoms with E-state index in [0.717, 1.165) is 12.1 Å². The number of nitrogens with one attached hydrogen (secondary N) is 2. The number of sulfonamides is 1. The summed E-state index contributed by atoms with van der Waals surface area (Å²) in [6.07, 6.45) is 0.766. The Morgan fingerprint density at radius 1 is 1.24 bits per heavy atom. The molecule has 0 heterocycles. The van der Waals surface area contributed by atoms with Crippen LogP contribution in [0.3, 0.4) is 0 Å². The lowest BCUT2D eigenvalue weighted by Gasteiger charge is -2.34. The number of anilines is 1. The summed E-state index contributed by atoms with van der Waals surface area (Å²) >= 11 is 0. The van der Waals surface area contributed by atoms with E-state index in [2.05, 4.69) is 30.8 Å². The summed E-state index contributed by atoms with van der Waals surface area (Å²) in [5.41, 5.74) is 6.49. The molecule has 1 aromatic rings. The third-order valence-corrected chi connectivity index (χ3v) is 5.31. The third-order valence-electron chi connectivity index (χ3n) is 3.83. The molecule has 0 spiro atoms. The van der Waals surface area contributed by atoms with Crippen molar-refractivity contribution < 1.29 is 8.42 Å².